The zero-order valence-corrected chi connectivity index (χ0v) is 18.1. The fourth-order valence-corrected chi connectivity index (χ4v) is 3.86. The Morgan fingerprint density at radius 3 is 2.52 bits per heavy atom. The zero-order chi connectivity index (χ0) is 22.4. The largest absolute Gasteiger partial charge is 0.325 e. The smallest absolute Gasteiger partial charge is 0.251 e. The highest BCUT2D eigenvalue weighted by Crippen LogP contribution is 2.19. The van der Waals surface area contributed by atoms with E-state index in [1.165, 1.54) is 6.07 Å². The number of rotatable bonds is 8. The lowest BCUT2D eigenvalue weighted by atomic mass is 10.1. The Kier molecular flexibility index (Phi) is 6.98. The van der Waals surface area contributed by atoms with E-state index in [9.17, 15) is 18.0 Å². The van der Waals surface area contributed by atoms with Gasteiger partial charge in [-0.05, 0) is 31.0 Å². The van der Waals surface area contributed by atoms with Gasteiger partial charge in [0, 0.05) is 29.6 Å². The van der Waals surface area contributed by atoms with Gasteiger partial charge < -0.3 is 10.3 Å². The van der Waals surface area contributed by atoms with Crippen LogP contribution in [0.15, 0.2) is 65.5 Å². The van der Waals surface area contributed by atoms with Crippen molar-refractivity contribution in [2.75, 3.05) is 24.7 Å². The minimum Gasteiger partial charge on any atom is -0.325 e. The number of H-pyrrole nitrogens is 1. The van der Waals surface area contributed by atoms with Crippen molar-refractivity contribution in [2.24, 2.45) is 0 Å². The Hall–Kier alpha value is -3.30. The number of benzene rings is 2. The fourth-order valence-electron chi connectivity index (χ4n) is 3.08. The van der Waals surface area contributed by atoms with Gasteiger partial charge in [-0.25, -0.2) is 13.4 Å². The van der Waals surface area contributed by atoms with Gasteiger partial charge in [0.25, 0.3) is 5.56 Å². The summed E-state index contributed by atoms with van der Waals surface area (Å²) in [6.07, 6.45) is 1.59. The van der Waals surface area contributed by atoms with Crippen molar-refractivity contribution in [3.63, 3.8) is 0 Å². The van der Waals surface area contributed by atoms with Crippen LogP contribution >= 0.6 is 0 Å². The van der Waals surface area contributed by atoms with Crippen molar-refractivity contribution >= 4 is 21.6 Å². The molecule has 0 saturated heterocycles. The molecule has 8 nitrogen and oxygen atoms in total. The summed E-state index contributed by atoms with van der Waals surface area (Å²) in [5.74, 6) is -0.0666. The predicted molar refractivity (Wildman–Crippen MR) is 120 cm³/mol. The Bertz CT molecular complexity index is 1220. The summed E-state index contributed by atoms with van der Waals surface area (Å²) in [7, 11) is -3.56. The Morgan fingerprint density at radius 1 is 1.10 bits per heavy atom. The van der Waals surface area contributed by atoms with Gasteiger partial charge in [-0.1, -0.05) is 42.5 Å². The molecule has 0 aliphatic heterocycles. The molecular weight excluding hydrogens is 416 g/mol. The molecule has 1 heterocycles. The van der Waals surface area contributed by atoms with E-state index in [2.05, 4.69) is 15.3 Å². The van der Waals surface area contributed by atoms with Gasteiger partial charge in [-0.2, -0.15) is 4.31 Å². The summed E-state index contributed by atoms with van der Waals surface area (Å²) in [4.78, 5) is 31.2. The van der Waals surface area contributed by atoms with E-state index >= 15 is 0 Å². The number of sulfonamides is 1. The van der Waals surface area contributed by atoms with Crippen molar-refractivity contribution in [1.29, 1.82) is 0 Å². The summed E-state index contributed by atoms with van der Waals surface area (Å²) in [5.41, 5.74) is 2.41. The van der Waals surface area contributed by atoms with Crippen LogP contribution in [-0.4, -0.2) is 47.9 Å². The van der Waals surface area contributed by atoms with Crippen LogP contribution in [0.1, 0.15) is 11.3 Å². The van der Waals surface area contributed by atoms with Crippen LogP contribution in [0.4, 0.5) is 5.69 Å². The molecule has 2 N–H and O–H groups in total. The normalized spacial score (nSPS) is 11.5. The van der Waals surface area contributed by atoms with E-state index in [1.807, 2.05) is 30.3 Å². The number of hydrogen-bond acceptors (Lipinski definition) is 5. The van der Waals surface area contributed by atoms with Crippen LogP contribution < -0.4 is 10.9 Å². The first-order valence-corrected chi connectivity index (χ1v) is 11.5. The highest BCUT2D eigenvalue weighted by atomic mass is 32.2. The molecule has 9 heteroatoms. The topological polar surface area (TPSA) is 112 Å². The summed E-state index contributed by atoms with van der Waals surface area (Å²) < 4.78 is 25.4. The van der Waals surface area contributed by atoms with E-state index in [0.29, 0.717) is 29.2 Å². The number of amides is 1. The highest BCUT2D eigenvalue weighted by Gasteiger charge is 2.20. The van der Waals surface area contributed by atoms with Gasteiger partial charge in [0.1, 0.15) is 5.82 Å². The molecule has 3 rings (SSSR count). The van der Waals surface area contributed by atoms with Gasteiger partial charge in [0.05, 0.1) is 12.8 Å². The maximum Gasteiger partial charge on any atom is 0.251 e. The van der Waals surface area contributed by atoms with Gasteiger partial charge in [0.2, 0.25) is 15.9 Å². The SMILES string of the molecule is Cc1cc(=O)[nH]c(-c2cccc(NC(=O)CN(CCc3ccccc3)S(C)(=O)=O)c2)n1. The van der Waals surface area contributed by atoms with Crippen molar-refractivity contribution in [3.05, 3.63) is 82.3 Å². The van der Waals surface area contributed by atoms with Gasteiger partial charge in [-0.15, -0.1) is 0 Å². The fraction of sp³-hybridized carbons (Fsp3) is 0.227. The predicted octanol–water partition coefficient (Wildman–Crippen LogP) is 2.19. The molecule has 0 atom stereocenters. The Balaban J connectivity index is 1.70. The van der Waals surface area contributed by atoms with E-state index in [1.54, 1.807) is 31.2 Å². The first-order chi connectivity index (χ1) is 14.7. The maximum absolute atomic E-state index is 12.5. The maximum atomic E-state index is 12.5. The molecule has 0 aliphatic rings. The molecular formula is C22H24N4O4S. The summed E-state index contributed by atoms with van der Waals surface area (Å²) in [6.45, 7) is 1.62. The first kappa shape index (κ1) is 22.4. The number of aryl methyl sites for hydroxylation is 1. The van der Waals surface area contributed by atoms with E-state index in [0.717, 1.165) is 16.1 Å². The van der Waals surface area contributed by atoms with Crippen LogP contribution in [-0.2, 0) is 21.2 Å². The van der Waals surface area contributed by atoms with Gasteiger partial charge in [-0.3, -0.25) is 9.59 Å². The minimum absolute atomic E-state index is 0.199. The quantitative estimate of drug-likeness (QED) is 0.558. The van der Waals surface area contributed by atoms with Crippen LogP contribution in [0.3, 0.4) is 0 Å². The average molecular weight is 441 g/mol. The molecule has 0 bridgehead atoms. The van der Waals surface area contributed by atoms with Crippen LogP contribution in [0.2, 0.25) is 0 Å². The van der Waals surface area contributed by atoms with Gasteiger partial charge in [0.15, 0.2) is 0 Å². The van der Waals surface area contributed by atoms with Crippen molar-refractivity contribution in [1.82, 2.24) is 14.3 Å². The molecule has 0 spiro atoms. The second-order valence-electron chi connectivity index (χ2n) is 7.20. The molecule has 3 aromatic rings. The number of hydrogen-bond donors (Lipinski definition) is 2. The molecule has 0 radical (unpaired) electrons. The third kappa shape index (κ3) is 6.59. The van der Waals surface area contributed by atoms with Crippen LogP contribution in [0.25, 0.3) is 11.4 Å². The number of nitrogens with zero attached hydrogens (tertiary/aromatic N) is 2. The molecule has 162 valence electrons. The number of carbonyl (C=O) groups excluding carboxylic acids is 1. The third-order valence-electron chi connectivity index (χ3n) is 4.57. The van der Waals surface area contributed by atoms with Gasteiger partial charge >= 0.3 is 0 Å². The molecule has 0 unspecified atom stereocenters. The number of anilines is 1. The summed E-state index contributed by atoms with van der Waals surface area (Å²) in [5, 5.41) is 2.72. The molecule has 1 amide bonds. The lowest BCUT2D eigenvalue weighted by Crippen LogP contribution is -2.38. The lowest BCUT2D eigenvalue weighted by Gasteiger charge is -2.19. The molecule has 2 aromatic carbocycles. The molecule has 1 aromatic heterocycles. The van der Waals surface area contributed by atoms with Crippen LogP contribution in [0, 0.1) is 6.92 Å². The average Bonchev–Trinajstić information content (AvgIpc) is 2.70. The Labute approximate surface area is 181 Å². The second kappa shape index (κ2) is 9.67. The zero-order valence-electron chi connectivity index (χ0n) is 17.3. The lowest BCUT2D eigenvalue weighted by molar-refractivity contribution is -0.116. The van der Waals surface area contributed by atoms with E-state index in [4.69, 9.17) is 0 Å². The number of aromatic nitrogens is 2. The van der Waals surface area contributed by atoms with Crippen molar-refractivity contribution < 1.29 is 13.2 Å². The molecule has 0 aliphatic carbocycles. The minimum atomic E-state index is -3.56. The Morgan fingerprint density at radius 2 is 1.84 bits per heavy atom. The van der Waals surface area contributed by atoms with Crippen LogP contribution in [0.5, 0.6) is 0 Å². The first-order valence-electron chi connectivity index (χ1n) is 9.68. The standard InChI is InChI=1S/C22H24N4O4S/c1-16-13-20(27)25-22(23-16)18-9-6-10-19(14-18)24-21(28)15-26(31(2,29)30)12-11-17-7-4-3-5-8-17/h3-10,13-14H,11-12,15H2,1-2H3,(H,24,28)(H,23,25,27). The number of nitrogens with one attached hydrogen (secondary N) is 2. The summed E-state index contributed by atoms with van der Waals surface area (Å²) >= 11 is 0. The molecule has 31 heavy (non-hydrogen) atoms. The highest BCUT2D eigenvalue weighted by molar-refractivity contribution is 7.88. The van der Waals surface area contributed by atoms with E-state index < -0.39 is 15.9 Å². The van der Waals surface area contributed by atoms with Crippen molar-refractivity contribution in [3.8, 4) is 11.4 Å². The summed E-state index contributed by atoms with van der Waals surface area (Å²) in [6, 6.07) is 17.7. The van der Waals surface area contributed by atoms with Crippen molar-refractivity contribution in [2.45, 2.75) is 13.3 Å². The number of carbonyl (C=O) groups is 1. The molecule has 0 saturated carbocycles. The second-order valence-corrected chi connectivity index (χ2v) is 9.18. The third-order valence-corrected chi connectivity index (χ3v) is 5.82. The van der Waals surface area contributed by atoms with E-state index in [-0.39, 0.29) is 18.6 Å². The number of aromatic amines is 1. The monoisotopic (exact) mass is 440 g/mol. The molecule has 0 fully saturated rings.